The van der Waals surface area contributed by atoms with Gasteiger partial charge in [-0.3, -0.25) is 9.59 Å². The molecule has 116 valence electrons. The topological polar surface area (TPSA) is 61.8 Å². The molecule has 0 spiro atoms. The van der Waals surface area contributed by atoms with Crippen LogP contribution in [0.2, 0.25) is 0 Å². The Hall–Kier alpha value is -2.04. The Balaban J connectivity index is 2.71. The van der Waals surface area contributed by atoms with Crippen LogP contribution >= 0.6 is 0 Å². The predicted molar refractivity (Wildman–Crippen MR) is 78.1 cm³/mol. The van der Waals surface area contributed by atoms with Crippen LogP contribution in [0.25, 0.3) is 0 Å². The lowest BCUT2D eigenvalue weighted by atomic mass is 9.99. The average molecular weight is 294 g/mol. The van der Waals surface area contributed by atoms with Crippen molar-refractivity contribution < 1.29 is 23.8 Å². The number of rotatable bonds is 8. The van der Waals surface area contributed by atoms with E-state index in [9.17, 15) is 9.59 Å². The molecule has 0 N–H and O–H groups in total. The van der Waals surface area contributed by atoms with Gasteiger partial charge in [0.05, 0.1) is 20.3 Å². The van der Waals surface area contributed by atoms with Crippen molar-refractivity contribution in [1.29, 1.82) is 0 Å². The van der Waals surface area contributed by atoms with Gasteiger partial charge >= 0.3 is 11.9 Å². The second kappa shape index (κ2) is 9.00. The lowest BCUT2D eigenvalue weighted by molar-refractivity contribution is -0.161. The standard InChI is InChI=1S/C16H22O5/c1-4-20-15(17)14(16(18)21-5-2)10-9-12-7-6-8-13(11-12)19-3/h6-8,11,14H,4-5,9-10H2,1-3H3. The van der Waals surface area contributed by atoms with Crippen LogP contribution in [0.3, 0.4) is 0 Å². The third-order valence-electron chi connectivity index (χ3n) is 3.00. The summed E-state index contributed by atoms with van der Waals surface area (Å²) in [5.74, 6) is -1.19. The molecule has 1 aromatic rings. The molecule has 0 aliphatic rings. The minimum Gasteiger partial charge on any atom is -0.497 e. The van der Waals surface area contributed by atoms with Gasteiger partial charge in [-0.1, -0.05) is 12.1 Å². The van der Waals surface area contributed by atoms with Crippen molar-refractivity contribution in [3.63, 3.8) is 0 Å². The fourth-order valence-corrected chi connectivity index (χ4v) is 1.96. The largest absolute Gasteiger partial charge is 0.497 e. The lowest BCUT2D eigenvalue weighted by Crippen LogP contribution is -2.28. The highest BCUT2D eigenvalue weighted by molar-refractivity contribution is 5.94. The van der Waals surface area contributed by atoms with E-state index < -0.39 is 17.9 Å². The summed E-state index contributed by atoms with van der Waals surface area (Å²) in [7, 11) is 1.60. The number of aryl methyl sites for hydroxylation is 1. The molecule has 5 nitrogen and oxygen atoms in total. The van der Waals surface area contributed by atoms with E-state index in [0.717, 1.165) is 11.3 Å². The molecule has 0 heterocycles. The molecule has 0 aromatic heterocycles. The van der Waals surface area contributed by atoms with E-state index in [-0.39, 0.29) is 13.2 Å². The van der Waals surface area contributed by atoms with E-state index in [1.165, 1.54) is 0 Å². The zero-order chi connectivity index (χ0) is 15.7. The van der Waals surface area contributed by atoms with Crippen LogP contribution in [0.15, 0.2) is 24.3 Å². The molecular formula is C16H22O5. The molecule has 1 rings (SSSR count). The van der Waals surface area contributed by atoms with Crippen LogP contribution in [0.5, 0.6) is 5.75 Å². The molecule has 0 fully saturated rings. The Morgan fingerprint density at radius 2 is 1.71 bits per heavy atom. The van der Waals surface area contributed by atoms with Gasteiger partial charge in [0.25, 0.3) is 0 Å². The maximum atomic E-state index is 11.9. The first kappa shape index (κ1) is 17.0. The molecule has 0 saturated heterocycles. The molecule has 0 unspecified atom stereocenters. The van der Waals surface area contributed by atoms with Crippen molar-refractivity contribution in [3.05, 3.63) is 29.8 Å². The van der Waals surface area contributed by atoms with Gasteiger partial charge in [0.2, 0.25) is 0 Å². The molecule has 0 amide bonds. The van der Waals surface area contributed by atoms with Crippen LogP contribution < -0.4 is 4.74 Å². The second-order valence-electron chi connectivity index (χ2n) is 4.45. The van der Waals surface area contributed by atoms with Crippen molar-refractivity contribution in [3.8, 4) is 5.75 Å². The van der Waals surface area contributed by atoms with Crippen LogP contribution in [-0.4, -0.2) is 32.3 Å². The monoisotopic (exact) mass is 294 g/mol. The number of ether oxygens (including phenoxy) is 3. The third kappa shape index (κ3) is 5.45. The van der Waals surface area contributed by atoms with E-state index >= 15 is 0 Å². The fourth-order valence-electron chi connectivity index (χ4n) is 1.96. The van der Waals surface area contributed by atoms with Crippen molar-refractivity contribution in [2.75, 3.05) is 20.3 Å². The molecule has 5 heteroatoms. The third-order valence-corrected chi connectivity index (χ3v) is 3.00. The Labute approximate surface area is 125 Å². The summed E-state index contributed by atoms with van der Waals surface area (Å²) >= 11 is 0. The van der Waals surface area contributed by atoms with Gasteiger partial charge in [0.15, 0.2) is 5.92 Å². The molecule has 0 radical (unpaired) electrons. The van der Waals surface area contributed by atoms with Gasteiger partial charge in [-0.25, -0.2) is 0 Å². The average Bonchev–Trinajstić information content (AvgIpc) is 2.48. The zero-order valence-electron chi connectivity index (χ0n) is 12.8. The minimum absolute atomic E-state index is 0.244. The lowest BCUT2D eigenvalue weighted by Gasteiger charge is -2.14. The van der Waals surface area contributed by atoms with Gasteiger partial charge in [0, 0.05) is 0 Å². The highest BCUT2D eigenvalue weighted by Gasteiger charge is 2.29. The Morgan fingerprint density at radius 1 is 1.10 bits per heavy atom. The SMILES string of the molecule is CCOC(=O)C(CCc1cccc(OC)c1)C(=O)OCC. The van der Waals surface area contributed by atoms with E-state index in [1.807, 2.05) is 24.3 Å². The number of carbonyl (C=O) groups is 2. The maximum Gasteiger partial charge on any atom is 0.320 e. The summed E-state index contributed by atoms with van der Waals surface area (Å²) in [6.07, 6.45) is 0.921. The highest BCUT2D eigenvalue weighted by atomic mass is 16.6. The Morgan fingerprint density at radius 3 is 2.24 bits per heavy atom. The van der Waals surface area contributed by atoms with Gasteiger partial charge < -0.3 is 14.2 Å². The molecular weight excluding hydrogens is 272 g/mol. The molecule has 0 aliphatic carbocycles. The van der Waals surface area contributed by atoms with Crippen molar-refractivity contribution in [2.45, 2.75) is 26.7 Å². The fraction of sp³-hybridized carbons (Fsp3) is 0.500. The van der Waals surface area contributed by atoms with Gasteiger partial charge in [-0.15, -0.1) is 0 Å². The van der Waals surface area contributed by atoms with E-state index in [4.69, 9.17) is 14.2 Å². The molecule has 0 atom stereocenters. The van der Waals surface area contributed by atoms with Gasteiger partial charge in [-0.05, 0) is 44.4 Å². The van der Waals surface area contributed by atoms with Gasteiger partial charge in [-0.2, -0.15) is 0 Å². The smallest absolute Gasteiger partial charge is 0.320 e. The van der Waals surface area contributed by atoms with E-state index in [2.05, 4.69) is 0 Å². The number of carbonyl (C=O) groups excluding carboxylic acids is 2. The molecule has 1 aromatic carbocycles. The van der Waals surface area contributed by atoms with Crippen molar-refractivity contribution in [1.82, 2.24) is 0 Å². The quantitative estimate of drug-likeness (QED) is 0.544. The maximum absolute atomic E-state index is 11.9. The first-order valence-electron chi connectivity index (χ1n) is 7.08. The minimum atomic E-state index is -0.879. The highest BCUT2D eigenvalue weighted by Crippen LogP contribution is 2.17. The zero-order valence-corrected chi connectivity index (χ0v) is 12.8. The summed E-state index contributed by atoms with van der Waals surface area (Å²) < 4.78 is 15.0. The number of benzene rings is 1. The molecule has 21 heavy (non-hydrogen) atoms. The van der Waals surface area contributed by atoms with Crippen LogP contribution in [0.1, 0.15) is 25.8 Å². The van der Waals surface area contributed by atoms with E-state index in [0.29, 0.717) is 12.8 Å². The second-order valence-corrected chi connectivity index (χ2v) is 4.45. The van der Waals surface area contributed by atoms with E-state index in [1.54, 1.807) is 21.0 Å². The summed E-state index contributed by atoms with van der Waals surface area (Å²) in [5, 5.41) is 0. The number of hydrogen-bond donors (Lipinski definition) is 0. The summed E-state index contributed by atoms with van der Waals surface area (Å²) in [5.41, 5.74) is 0.993. The van der Waals surface area contributed by atoms with Crippen molar-refractivity contribution in [2.24, 2.45) is 5.92 Å². The molecule has 0 bridgehead atoms. The van der Waals surface area contributed by atoms with Crippen LogP contribution in [0.4, 0.5) is 0 Å². The van der Waals surface area contributed by atoms with Crippen LogP contribution in [-0.2, 0) is 25.5 Å². The number of esters is 2. The predicted octanol–water partition coefficient (Wildman–Crippen LogP) is 2.37. The summed E-state index contributed by atoms with van der Waals surface area (Å²) in [6.45, 7) is 3.91. The number of hydrogen-bond acceptors (Lipinski definition) is 5. The first-order valence-corrected chi connectivity index (χ1v) is 7.08. The number of methoxy groups -OCH3 is 1. The Kier molecular flexibility index (Phi) is 7.29. The molecule has 0 aliphatic heterocycles. The molecule has 0 saturated carbocycles. The first-order chi connectivity index (χ1) is 10.1. The van der Waals surface area contributed by atoms with Crippen LogP contribution in [0, 0.1) is 5.92 Å². The summed E-state index contributed by atoms with van der Waals surface area (Å²) in [6, 6.07) is 7.53. The summed E-state index contributed by atoms with van der Waals surface area (Å²) in [4.78, 5) is 23.7. The Bertz CT molecular complexity index is 451. The normalized spacial score (nSPS) is 10.3. The van der Waals surface area contributed by atoms with Gasteiger partial charge in [0.1, 0.15) is 5.75 Å². The van der Waals surface area contributed by atoms with Crippen molar-refractivity contribution >= 4 is 11.9 Å².